The summed E-state index contributed by atoms with van der Waals surface area (Å²) < 4.78 is 1.09. The average Bonchev–Trinajstić information content (AvgIpc) is 2.67. The molecule has 2 rings (SSSR count). The number of rotatable bonds is 4. The van der Waals surface area contributed by atoms with Crippen molar-refractivity contribution in [1.82, 2.24) is 10.2 Å². The summed E-state index contributed by atoms with van der Waals surface area (Å²) in [6.45, 7) is 4.83. The van der Waals surface area contributed by atoms with Crippen LogP contribution >= 0.6 is 11.3 Å². The van der Waals surface area contributed by atoms with Gasteiger partial charge in [-0.05, 0) is 33.5 Å². The minimum absolute atomic E-state index is 0.0857. The molecule has 0 saturated heterocycles. The van der Waals surface area contributed by atoms with E-state index in [0.717, 1.165) is 22.2 Å². The van der Waals surface area contributed by atoms with Crippen LogP contribution in [0.15, 0.2) is 18.2 Å². The van der Waals surface area contributed by atoms with E-state index in [0.29, 0.717) is 10.6 Å². The maximum atomic E-state index is 12.3. The first-order chi connectivity index (χ1) is 9.40. The van der Waals surface area contributed by atoms with Crippen molar-refractivity contribution >= 4 is 33.0 Å². The lowest BCUT2D eigenvalue weighted by molar-refractivity contribution is 0.0939. The summed E-state index contributed by atoms with van der Waals surface area (Å²) in [6.07, 6.45) is 0. The Morgan fingerprint density at radius 2 is 2.15 bits per heavy atom. The fourth-order valence-electron chi connectivity index (χ4n) is 2.33. The van der Waals surface area contributed by atoms with Crippen molar-refractivity contribution in [2.24, 2.45) is 0 Å². The van der Waals surface area contributed by atoms with Gasteiger partial charge in [0, 0.05) is 22.7 Å². The Morgan fingerprint density at radius 1 is 1.45 bits per heavy atom. The molecular formula is C15H21N3OS. The van der Waals surface area contributed by atoms with Crippen LogP contribution in [0.1, 0.15) is 22.2 Å². The Bertz CT molecular complexity index is 633. The van der Waals surface area contributed by atoms with Gasteiger partial charge in [-0.25, -0.2) is 0 Å². The molecule has 1 unspecified atom stereocenters. The van der Waals surface area contributed by atoms with Gasteiger partial charge in [-0.15, -0.1) is 11.3 Å². The van der Waals surface area contributed by atoms with Gasteiger partial charge in [0.05, 0.1) is 5.69 Å². The van der Waals surface area contributed by atoms with E-state index in [1.54, 1.807) is 0 Å². The number of amides is 1. The van der Waals surface area contributed by atoms with Gasteiger partial charge in [0.1, 0.15) is 4.88 Å². The molecule has 1 amide bonds. The van der Waals surface area contributed by atoms with E-state index in [4.69, 9.17) is 5.73 Å². The molecule has 20 heavy (non-hydrogen) atoms. The van der Waals surface area contributed by atoms with Crippen LogP contribution in [-0.4, -0.2) is 37.5 Å². The Labute approximate surface area is 123 Å². The zero-order valence-electron chi connectivity index (χ0n) is 12.4. The number of carbonyl (C=O) groups is 1. The second-order valence-corrected chi connectivity index (χ2v) is 6.45. The predicted molar refractivity (Wildman–Crippen MR) is 86.5 cm³/mol. The van der Waals surface area contributed by atoms with Gasteiger partial charge in [0.25, 0.3) is 5.91 Å². The van der Waals surface area contributed by atoms with E-state index in [2.05, 4.69) is 5.32 Å². The zero-order valence-corrected chi connectivity index (χ0v) is 13.2. The van der Waals surface area contributed by atoms with Crippen molar-refractivity contribution in [2.45, 2.75) is 19.9 Å². The summed E-state index contributed by atoms with van der Waals surface area (Å²) >= 11 is 1.47. The van der Waals surface area contributed by atoms with E-state index < -0.39 is 0 Å². The zero-order chi connectivity index (χ0) is 14.9. The van der Waals surface area contributed by atoms with Crippen molar-refractivity contribution in [2.75, 3.05) is 26.4 Å². The molecule has 4 nitrogen and oxygen atoms in total. The van der Waals surface area contributed by atoms with Gasteiger partial charge in [-0.3, -0.25) is 4.79 Å². The van der Waals surface area contributed by atoms with Crippen LogP contribution in [0.5, 0.6) is 0 Å². The van der Waals surface area contributed by atoms with Crippen LogP contribution in [0.25, 0.3) is 10.1 Å². The summed E-state index contributed by atoms with van der Waals surface area (Å²) in [7, 11) is 3.97. The van der Waals surface area contributed by atoms with Gasteiger partial charge in [-0.1, -0.05) is 18.2 Å². The van der Waals surface area contributed by atoms with Gasteiger partial charge in [0.2, 0.25) is 0 Å². The van der Waals surface area contributed by atoms with Gasteiger partial charge >= 0.3 is 0 Å². The number of hydrogen-bond acceptors (Lipinski definition) is 4. The molecule has 0 saturated carbocycles. The number of nitrogens with two attached hydrogens (primary N) is 1. The second-order valence-electron chi connectivity index (χ2n) is 5.43. The predicted octanol–water partition coefficient (Wildman–Crippen LogP) is 2.47. The summed E-state index contributed by atoms with van der Waals surface area (Å²) in [5.74, 6) is -0.0857. The lowest BCUT2D eigenvalue weighted by atomic mass is 10.1. The number of aryl methyl sites for hydroxylation is 1. The highest BCUT2D eigenvalue weighted by Gasteiger charge is 2.18. The van der Waals surface area contributed by atoms with Gasteiger partial charge in [-0.2, -0.15) is 0 Å². The summed E-state index contributed by atoms with van der Waals surface area (Å²) in [5, 5.41) is 3.97. The Hall–Kier alpha value is -1.59. The molecule has 0 fully saturated rings. The molecule has 0 spiro atoms. The first-order valence-electron chi connectivity index (χ1n) is 6.63. The maximum Gasteiger partial charge on any atom is 0.263 e. The van der Waals surface area contributed by atoms with Crippen LogP contribution in [0.2, 0.25) is 0 Å². The number of nitrogens with zero attached hydrogens (tertiary/aromatic N) is 1. The molecule has 0 bridgehead atoms. The molecule has 108 valence electrons. The molecule has 1 aromatic heterocycles. The summed E-state index contributed by atoms with van der Waals surface area (Å²) in [4.78, 5) is 15.0. The highest BCUT2D eigenvalue weighted by molar-refractivity contribution is 7.21. The molecule has 1 atom stereocenters. The Balaban J connectivity index is 2.27. The smallest absolute Gasteiger partial charge is 0.263 e. The monoisotopic (exact) mass is 291 g/mol. The van der Waals surface area contributed by atoms with Crippen LogP contribution < -0.4 is 11.1 Å². The minimum Gasteiger partial charge on any atom is -0.397 e. The van der Waals surface area contributed by atoms with E-state index in [1.807, 2.05) is 51.0 Å². The largest absolute Gasteiger partial charge is 0.397 e. The fraction of sp³-hybridized carbons (Fsp3) is 0.400. The number of nitrogens with one attached hydrogen (secondary N) is 1. The number of fused-ring (bicyclic) bond motifs is 1. The molecule has 0 aliphatic heterocycles. The van der Waals surface area contributed by atoms with E-state index in [9.17, 15) is 4.79 Å². The maximum absolute atomic E-state index is 12.3. The number of anilines is 1. The van der Waals surface area contributed by atoms with Crippen LogP contribution in [0.3, 0.4) is 0 Å². The van der Waals surface area contributed by atoms with Crippen molar-refractivity contribution < 1.29 is 4.79 Å². The van der Waals surface area contributed by atoms with Crippen molar-refractivity contribution in [3.63, 3.8) is 0 Å². The molecule has 5 heteroatoms. The average molecular weight is 291 g/mol. The van der Waals surface area contributed by atoms with Crippen molar-refractivity contribution in [3.05, 3.63) is 28.6 Å². The lowest BCUT2D eigenvalue weighted by Gasteiger charge is -2.17. The first kappa shape index (κ1) is 14.8. The highest BCUT2D eigenvalue weighted by atomic mass is 32.1. The number of likely N-dealkylation sites (N-methyl/N-ethyl adjacent to an activating group) is 1. The molecule has 0 aliphatic rings. The summed E-state index contributed by atoms with van der Waals surface area (Å²) in [6, 6.07) is 6.06. The standard InChI is InChI=1S/C15H21N3OS/c1-9-6-5-7-11-12(16)14(20-13(9)11)15(19)17-10(2)8-18(3)4/h5-7,10H,8,16H2,1-4H3,(H,17,19). The SMILES string of the molecule is Cc1cccc2c(N)c(C(=O)NC(C)CN(C)C)sc12. The number of nitrogen functional groups attached to an aromatic ring is 1. The lowest BCUT2D eigenvalue weighted by Crippen LogP contribution is -2.39. The molecule has 1 heterocycles. The summed E-state index contributed by atoms with van der Waals surface area (Å²) in [5.41, 5.74) is 7.86. The number of thiophene rings is 1. The highest BCUT2D eigenvalue weighted by Crippen LogP contribution is 2.35. The van der Waals surface area contributed by atoms with E-state index in [1.165, 1.54) is 11.3 Å². The fourth-order valence-corrected chi connectivity index (χ4v) is 3.42. The Kier molecular flexibility index (Phi) is 4.30. The third kappa shape index (κ3) is 2.94. The van der Waals surface area contributed by atoms with Crippen LogP contribution in [-0.2, 0) is 0 Å². The third-order valence-electron chi connectivity index (χ3n) is 3.17. The third-order valence-corrected chi connectivity index (χ3v) is 4.53. The molecular weight excluding hydrogens is 270 g/mol. The normalized spacial score (nSPS) is 12.8. The Morgan fingerprint density at radius 3 is 2.75 bits per heavy atom. The van der Waals surface area contributed by atoms with Crippen LogP contribution in [0.4, 0.5) is 5.69 Å². The second kappa shape index (κ2) is 5.81. The van der Waals surface area contributed by atoms with Gasteiger partial charge in [0.15, 0.2) is 0 Å². The number of carbonyl (C=O) groups excluding carboxylic acids is 1. The number of benzene rings is 1. The molecule has 0 radical (unpaired) electrons. The quantitative estimate of drug-likeness (QED) is 0.910. The topological polar surface area (TPSA) is 58.4 Å². The van der Waals surface area contributed by atoms with Crippen molar-refractivity contribution in [3.8, 4) is 0 Å². The number of hydrogen-bond donors (Lipinski definition) is 2. The van der Waals surface area contributed by atoms with E-state index >= 15 is 0 Å². The minimum atomic E-state index is -0.0857. The van der Waals surface area contributed by atoms with Gasteiger partial charge < -0.3 is 16.0 Å². The molecule has 0 aliphatic carbocycles. The molecule has 1 aromatic carbocycles. The van der Waals surface area contributed by atoms with Crippen LogP contribution in [0, 0.1) is 6.92 Å². The van der Waals surface area contributed by atoms with E-state index in [-0.39, 0.29) is 11.9 Å². The molecule has 3 N–H and O–H groups in total. The first-order valence-corrected chi connectivity index (χ1v) is 7.45. The molecule has 2 aromatic rings. The van der Waals surface area contributed by atoms with Crippen molar-refractivity contribution in [1.29, 1.82) is 0 Å².